The second-order valence-corrected chi connectivity index (χ2v) is 8.40. The predicted molar refractivity (Wildman–Crippen MR) is 113 cm³/mol. The van der Waals surface area contributed by atoms with Crippen LogP contribution in [0.1, 0.15) is 5.56 Å². The number of hydrogen-bond acceptors (Lipinski definition) is 5. The van der Waals surface area contributed by atoms with Crippen molar-refractivity contribution in [2.75, 3.05) is 11.1 Å². The number of carbonyl (C=O) groups is 1. The number of anilines is 1. The number of thioether (sulfide) groups is 1. The quantitative estimate of drug-likeness (QED) is 0.341. The summed E-state index contributed by atoms with van der Waals surface area (Å²) in [5.74, 6) is -0.684. The third kappa shape index (κ3) is 4.37. The molecule has 0 saturated carbocycles. The number of carbonyl (C=O) groups excluding carboxylic acids is 1. The lowest BCUT2D eigenvalue weighted by Gasteiger charge is -2.11. The van der Waals surface area contributed by atoms with Gasteiger partial charge < -0.3 is 10.3 Å². The average molecular weight is 517 g/mol. The maximum atomic E-state index is 12.8. The van der Waals surface area contributed by atoms with E-state index in [1.807, 2.05) is 18.2 Å². The highest BCUT2D eigenvalue weighted by Crippen LogP contribution is 2.34. The molecule has 154 valence electrons. The average Bonchev–Trinajstić information content (AvgIpc) is 3.04. The van der Waals surface area contributed by atoms with Crippen molar-refractivity contribution in [2.24, 2.45) is 0 Å². The molecule has 0 bridgehead atoms. The molecule has 2 aromatic carbocycles. The molecule has 30 heavy (non-hydrogen) atoms. The minimum absolute atomic E-state index is 0.00456. The Morgan fingerprint density at radius 1 is 1.20 bits per heavy atom. The summed E-state index contributed by atoms with van der Waals surface area (Å²) in [6, 6.07) is 8.37. The molecule has 4 aromatic rings. The fourth-order valence-electron chi connectivity index (χ4n) is 2.70. The summed E-state index contributed by atoms with van der Waals surface area (Å²) in [5.41, 5.74) is 0.929. The van der Waals surface area contributed by atoms with Gasteiger partial charge in [-0.25, -0.2) is 4.98 Å². The zero-order valence-electron chi connectivity index (χ0n) is 14.7. The molecule has 6 nitrogen and oxygen atoms in total. The van der Waals surface area contributed by atoms with Gasteiger partial charge in [0.15, 0.2) is 5.65 Å². The second-order valence-electron chi connectivity index (χ2n) is 6.14. The Kier molecular flexibility index (Phi) is 5.60. The van der Waals surface area contributed by atoms with Crippen LogP contribution >= 0.6 is 39.3 Å². The highest BCUT2D eigenvalue weighted by Gasteiger charge is 2.31. The Bertz CT molecular complexity index is 1280. The summed E-state index contributed by atoms with van der Waals surface area (Å²) in [6.45, 7) is 0. The number of hydrogen-bond donors (Lipinski definition) is 2. The number of alkyl halides is 3. The van der Waals surface area contributed by atoms with Gasteiger partial charge in [-0.05, 0) is 36.4 Å². The van der Waals surface area contributed by atoms with E-state index in [0.29, 0.717) is 11.2 Å². The number of H-pyrrole nitrogens is 1. The van der Waals surface area contributed by atoms with Gasteiger partial charge in [0.1, 0.15) is 5.52 Å². The molecule has 0 saturated heterocycles. The number of fused-ring (bicyclic) bond motifs is 3. The summed E-state index contributed by atoms with van der Waals surface area (Å²) >= 11 is 10.3. The highest BCUT2D eigenvalue weighted by atomic mass is 79.9. The summed E-state index contributed by atoms with van der Waals surface area (Å²) in [4.78, 5) is 19.7. The van der Waals surface area contributed by atoms with E-state index in [1.165, 1.54) is 0 Å². The van der Waals surface area contributed by atoms with E-state index in [-0.39, 0.29) is 21.6 Å². The molecule has 0 aliphatic heterocycles. The van der Waals surface area contributed by atoms with E-state index < -0.39 is 17.6 Å². The lowest BCUT2D eigenvalue weighted by molar-refractivity contribution is -0.137. The lowest BCUT2D eigenvalue weighted by Crippen LogP contribution is -2.15. The first-order valence-electron chi connectivity index (χ1n) is 8.32. The van der Waals surface area contributed by atoms with E-state index in [1.54, 1.807) is 0 Å². The van der Waals surface area contributed by atoms with Crippen molar-refractivity contribution in [3.8, 4) is 0 Å². The van der Waals surface area contributed by atoms with Crippen LogP contribution < -0.4 is 5.32 Å². The van der Waals surface area contributed by atoms with Crippen molar-refractivity contribution >= 4 is 73.0 Å². The van der Waals surface area contributed by atoms with E-state index in [0.717, 1.165) is 45.3 Å². The highest BCUT2D eigenvalue weighted by molar-refractivity contribution is 9.10. The first-order valence-corrected chi connectivity index (χ1v) is 10.5. The molecular formula is C18H10BrClF3N5OS. The van der Waals surface area contributed by atoms with Crippen LogP contribution in [0.25, 0.3) is 22.1 Å². The van der Waals surface area contributed by atoms with Crippen LogP contribution in [0.4, 0.5) is 18.9 Å². The molecule has 2 N–H and O–H groups in total. The van der Waals surface area contributed by atoms with E-state index >= 15 is 0 Å². The van der Waals surface area contributed by atoms with Gasteiger partial charge in [0.25, 0.3) is 0 Å². The van der Waals surface area contributed by atoms with Gasteiger partial charge in [-0.1, -0.05) is 39.3 Å². The Morgan fingerprint density at radius 2 is 2.00 bits per heavy atom. The van der Waals surface area contributed by atoms with Crippen LogP contribution in [-0.4, -0.2) is 31.8 Å². The Morgan fingerprint density at radius 3 is 2.77 bits per heavy atom. The number of halogens is 5. The van der Waals surface area contributed by atoms with E-state index in [2.05, 4.69) is 41.4 Å². The number of benzene rings is 2. The summed E-state index contributed by atoms with van der Waals surface area (Å²) in [7, 11) is 0. The van der Waals surface area contributed by atoms with Crippen LogP contribution in [0.3, 0.4) is 0 Å². The van der Waals surface area contributed by atoms with Crippen molar-refractivity contribution in [2.45, 2.75) is 11.3 Å². The summed E-state index contributed by atoms with van der Waals surface area (Å²) in [5, 5.41) is 11.7. The van der Waals surface area contributed by atoms with Gasteiger partial charge in [0, 0.05) is 15.4 Å². The molecule has 0 spiro atoms. The second kappa shape index (κ2) is 8.05. The van der Waals surface area contributed by atoms with Gasteiger partial charge in [0.2, 0.25) is 11.1 Å². The van der Waals surface area contributed by atoms with Crippen LogP contribution in [0.5, 0.6) is 0 Å². The van der Waals surface area contributed by atoms with Gasteiger partial charge in [-0.3, -0.25) is 4.79 Å². The molecule has 0 unspecified atom stereocenters. The van der Waals surface area contributed by atoms with Crippen molar-refractivity contribution in [3.05, 3.63) is 51.5 Å². The maximum Gasteiger partial charge on any atom is 0.416 e. The zero-order chi connectivity index (χ0) is 21.5. The minimum Gasteiger partial charge on any atom is -0.338 e. The fourth-order valence-corrected chi connectivity index (χ4v) is 3.82. The van der Waals surface area contributed by atoms with Gasteiger partial charge >= 0.3 is 6.18 Å². The monoisotopic (exact) mass is 515 g/mol. The van der Waals surface area contributed by atoms with Gasteiger partial charge in [0.05, 0.1) is 22.0 Å². The first kappa shape index (κ1) is 20.9. The van der Waals surface area contributed by atoms with Crippen molar-refractivity contribution < 1.29 is 18.0 Å². The van der Waals surface area contributed by atoms with E-state index in [4.69, 9.17) is 11.6 Å². The molecule has 0 aliphatic carbocycles. The molecule has 0 radical (unpaired) electrons. The molecule has 0 fully saturated rings. The van der Waals surface area contributed by atoms with E-state index in [9.17, 15) is 18.0 Å². The van der Waals surface area contributed by atoms with Crippen LogP contribution in [0.2, 0.25) is 5.02 Å². The van der Waals surface area contributed by atoms with Crippen LogP contribution in [0.15, 0.2) is 46.0 Å². The molecule has 2 aromatic heterocycles. The Labute approximate surface area is 184 Å². The standard InChI is InChI=1S/C18H10BrClF3N5OS/c19-9-2-4-12-10(6-9)15-16(25-12)26-17(28-27-15)30-7-14(29)24-13-5-8(18(21,22)23)1-3-11(13)20/h1-6H,7H2,(H,24,29)(H,25,26,28). The number of amides is 1. The van der Waals surface area contributed by atoms with Crippen molar-refractivity contribution in [1.29, 1.82) is 0 Å². The lowest BCUT2D eigenvalue weighted by atomic mass is 10.2. The smallest absolute Gasteiger partial charge is 0.338 e. The molecule has 4 rings (SSSR count). The first-order chi connectivity index (χ1) is 14.2. The largest absolute Gasteiger partial charge is 0.416 e. The van der Waals surface area contributed by atoms with Crippen LogP contribution in [0, 0.1) is 0 Å². The predicted octanol–water partition coefficient (Wildman–Crippen LogP) is 5.67. The number of rotatable bonds is 4. The number of nitrogens with zero attached hydrogens (tertiary/aromatic N) is 3. The van der Waals surface area contributed by atoms with Gasteiger partial charge in [-0.2, -0.15) is 13.2 Å². The molecule has 0 atom stereocenters. The van der Waals surface area contributed by atoms with Crippen molar-refractivity contribution in [1.82, 2.24) is 20.2 Å². The maximum absolute atomic E-state index is 12.8. The topological polar surface area (TPSA) is 83.6 Å². The third-order valence-corrected chi connectivity index (χ3v) is 5.72. The van der Waals surface area contributed by atoms with Crippen LogP contribution in [-0.2, 0) is 11.0 Å². The fraction of sp³-hybridized carbons (Fsp3) is 0.111. The Balaban J connectivity index is 1.47. The molecule has 0 aliphatic rings. The molecule has 12 heteroatoms. The molecule has 2 heterocycles. The zero-order valence-corrected chi connectivity index (χ0v) is 17.9. The Hall–Kier alpha value is -2.37. The summed E-state index contributed by atoms with van der Waals surface area (Å²) in [6.07, 6.45) is -4.54. The van der Waals surface area contributed by atoms with Gasteiger partial charge in [-0.15, -0.1) is 10.2 Å². The number of aromatic amines is 1. The molecule has 1 amide bonds. The SMILES string of the molecule is O=C(CSc1nnc2c(n1)[nH]c1ccc(Br)cc12)Nc1cc(C(F)(F)F)ccc1Cl. The number of aromatic nitrogens is 4. The minimum atomic E-state index is -4.54. The molecular weight excluding hydrogens is 507 g/mol. The summed E-state index contributed by atoms with van der Waals surface area (Å²) < 4.78 is 39.4. The normalized spacial score (nSPS) is 11.9. The van der Waals surface area contributed by atoms with Crippen molar-refractivity contribution in [3.63, 3.8) is 0 Å². The third-order valence-electron chi connectivity index (χ3n) is 4.06. The number of nitrogens with one attached hydrogen (secondary N) is 2.